The normalized spacial score (nSPS) is 15.9. The number of aliphatic hydroxyl groups is 1. The Bertz CT molecular complexity index is 283. The summed E-state index contributed by atoms with van der Waals surface area (Å²) in [6.45, 7) is 6.18. The summed E-state index contributed by atoms with van der Waals surface area (Å²) in [5, 5.41) is 9.95. The molecule has 3 heteroatoms. The van der Waals surface area contributed by atoms with E-state index in [-0.39, 0.29) is 6.04 Å². The van der Waals surface area contributed by atoms with E-state index in [4.69, 9.17) is 5.73 Å². The van der Waals surface area contributed by atoms with Gasteiger partial charge in [-0.25, -0.2) is 0 Å². The first-order valence-corrected chi connectivity index (χ1v) is 5.90. The second-order valence-corrected chi connectivity index (χ2v) is 5.12. The fourth-order valence-corrected chi connectivity index (χ4v) is 2.29. The van der Waals surface area contributed by atoms with Gasteiger partial charge in [0.05, 0.1) is 0 Å². The number of hydrogen-bond donors (Lipinski definition) is 2. The third-order valence-corrected chi connectivity index (χ3v) is 3.76. The third kappa shape index (κ3) is 2.56. The van der Waals surface area contributed by atoms with Gasteiger partial charge in [0.2, 0.25) is 0 Å². The minimum atomic E-state index is -0.514. The van der Waals surface area contributed by atoms with Crippen LogP contribution in [0, 0.1) is 5.92 Å². The molecule has 14 heavy (non-hydrogen) atoms. The zero-order valence-corrected chi connectivity index (χ0v) is 9.84. The van der Waals surface area contributed by atoms with Crippen LogP contribution in [-0.4, -0.2) is 11.1 Å². The summed E-state index contributed by atoms with van der Waals surface area (Å²) in [6.07, 6.45) is 0.509. The summed E-state index contributed by atoms with van der Waals surface area (Å²) in [7, 11) is 0. The van der Waals surface area contributed by atoms with Crippen molar-refractivity contribution in [2.24, 2.45) is 11.7 Å². The van der Waals surface area contributed by atoms with Crippen LogP contribution in [0.3, 0.4) is 0 Å². The molecule has 2 unspecified atom stereocenters. The first kappa shape index (κ1) is 11.7. The van der Waals surface area contributed by atoms with E-state index in [1.165, 1.54) is 4.88 Å². The van der Waals surface area contributed by atoms with Crippen molar-refractivity contribution in [3.8, 4) is 0 Å². The lowest BCUT2D eigenvalue weighted by Gasteiger charge is -2.20. The van der Waals surface area contributed by atoms with Crippen molar-refractivity contribution in [1.82, 2.24) is 0 Å². The monoisotopic (exact) mass is 213 g/mol. The first-order chi connectivity index (χ1) is 6.56. The van der Waals surface area contributed by atoms with Crippen LogP contribution in [0.4, 0.5) is 0 Å². The molecule has 1 aromatic heterocycles. The van der Waals surface area contributed by atoms with Crippen LogP contribution in [0.2, 0.25) is 0 Å². The van der Waals surface area contributed by atoms with Gasteiger partial charge in [-0.05, 0) is 24.5 Å². The number of aliphatic hydroxyl groups excluding tert-OH is 1. The molecule has 0 aromatic carbocycles. The van der Waals surface area contributed by atoms with Crippen LogP contribution in [0.25, 0.3) is 0 Å². The van der Waals surface area contributed by atoms with E-state index in [2.05, 4.69) is 13.0 Å². The molecule has 0 bridgehead atoms. The molecular weight excluding hydrogens is 194 g/mol. The third-order valence-electron chi connectivity index (χ3n) is 2.46. The Morgan fingerprint density at radius 3 is 2.50 bits per heavy atom. The summed E-state index contributed by atoms with van der Waals surface area (Å²) in [4.78, 5) is 2.29. The topological polar surface area (TPSA) is 46.2 Å². The summed E-state index contributed by atoms with van der Waals surface area (Å²) in [6, 6.07) is 3.88. The minimum Gasteiger partial charge on any atom is -0.386 e. The predicted octanol–water partition coefficient (Wildman–Crippen LogP) is 2.33. The maximum Gasteiger partial charge on any atom is 0.103 e. The van der Waals surface area contributed by atoms with E-state index in [0.29, 0.717) is 5.92 Å². The summed E-state index contributed by atoms with van der Waals surface area (Å²) >= 11 is 1.66. The van der Waals surface area contributed by atoms with Gasteiger partial charge in [-0.1, -0.05) is 20.8 Å². The van der Waals surface area contributed by atoms with Gasteiger partial charge in [0.25, 0.3) is 0 Å². The number of thiophene rings is 1. The highest BCUT2D eigenvalue weighted by Crippen LogP contribution is 2.27. The Morgan fingerprint density at radius 2 is 2.07 bits per heavy atom. The highest BCUT2D eigenvalue weighted by atomic mass is 32.1. The fraction of sp³-hybridized carbons (Fsp3) is 0.636. The van der Waals surface area contributed by atoms with E-state index in [9.17, 15) is 5.11 Å². The molecule has 0 radical (unpaired) electrons. The van der Waals surface area contributed by atoms with Crippen molar-refractivity contribution in [2.75, 3.05) is 0 Å². The van der Waals surface area contributed by atoms with E-state index in [1.807, 2.05) is 19.9 Å². The molecule has 1 aromatic rings. The number of aryl methyl sites for hydroxylation is 1. The van der Waals surface area contributed by atoms with Crippen LogP contribution in [0.1, 0.15) is 36.6 Å². The molecule has 0 fully saturated rings. The molecule has 1 heterocycles. The van der Waals surface area contributed by atoms with Gasteiger partial charge in [0.15, 0.2) is 0 Å². The van der Waals surface area contributed by atoms with Gasteiger partial charge in [-0.15, -0.1) is 11.3 Å². The van der Waals surface area contributed by atoms with Crippen molar-refractivity contribution in [3.05, 3.63) is 21.9 Å². The average molecular weight is 213 g/mol. The molecular formula is C11H19NOS. The molecule has 3 N–H and O–H groups in total. The van der Waals surface area contributed by atoms with E-state index in [1.54, 1.807) is 11.3 Å². The second kappa shape index (κ2) is 4.91. The molecule has 0 saturated heterocycles. The molecule has 0 spiro atoms. The lowest BCUT2D eigenvalue weighted by Crippen LogP contribution is -2.33. The largest absolute Gasteiger partial charge is 0.386 e. The fourth-order valence-electron chi connectivity index (χ4n) is 1.30. The van der Waals surface area contributed by atoms with Gasteiger partial charge in [0.1, 0.15) is 6.10 Å². The molecule has 0 amide bonds. The molecule has 0 aliphatic heterocycles. The maximum atomic E-state index is 9.95. The van der Waals surface area contributed by atoms with E-state index in [0.717, 1.165) is 11.3 Å². The van der Waals surface area contributed by atoms with Crippen molar-refractivity contribution in [3.63, 3.8) is 0 Å². The Balaban J connectivity index is 2.73. The van der Waals surface area contributed by atoms with Crippen molar-refractivity contribution < 1.29 is 5.11 Å². The van der Waals surface area contributed by atoms with Crippen LogP contribution >= 0.6 is 11.3 Å². The van der Waals surface area contributed by atoms with Crippen molar-refractivity contribution >= 4 is 11.3 Å². The Labute approximate surface area is 89.8 Å². The second-order valence-electron chi connectivity index (χ2n) is 3.92. The summed E-state index contributed by atoms with van der Waals surface area (Å²) in [5.74, 6) is 0.303. The molecule has 2 nitrogen and oxygen atoms in total. The van der Waals surface area contributed by atoms with Gasteiger partial charge >= 0.3 is 0 Å². The van der Waals surface area contributed by atoms with Crippen LogP contribution in [-0.2, 0) is 6.42 Å². The summed E-state index contributed by atoms with van der Waals surface area (Å²) in [5.41, 5.74) is 5.90. The summed E-state index contributed by atoms with van der Waals surface area (Å²) < 4.78 is 0. The highest BCUT2D eigenvalue weighted by Gasteiger charge is 2.21. The van der Waals surface area contributed by atoms with Gasteiger partial charge < -0.3 is 10.8 Å². The lowest BCUT2D eigenvalue weighted by molar-refractivity contribution is 0.129. The standard InChI is InChI=1S/C11H19NOS/c1-4-8-5-6-9(14-8)11(13)10(12)7(2)3/h5-7,10-11,13H,4,12H2,1-3H3. The Kier molecular flexibility index (Phi) is 4.11. The SMILES string of the molecule is CCc1ccc(C(O)C(N)C(C)C)s1. The zero-order valence-electron chi connectivity index (χ0n) is 9.03. The number of hydrogen-bond acceptors (Lipinski definition) is 3. The number of nitrogens with two attached hydrogens (primary N) is 1. The molecule has 2 atom stereocenters. The maximum absolute atomic E-state index is 9.95. The van der Waals surface area contributed by atoms with Crippen LogP contribution in [0.15, 0.2) is 12.1 Å². The minimum absolute atomic E-state index is 0.168. The van der Waals surface area contributed by atoms with Crippen LogP contribution in [0.5, 0.6) is 0 Å². The predicted molar refractivity (Wildman–Crippen MR) is 61.5 cm³/mol. The Morgan fingerprint density at radius 1 is 1.43 bits per heavy atom. The van der Waals surface area contributed by atoms with Crippen molar-refractivity contribution in [2.45, 2.75) is 39.3 Å². The zero-order chi connectivity index (χ0) is 10.7. The molecule has 80 valence electrons. The molecule has 0 saturated carbocycles. The highest BCUT2D eigenvalue weighted by molar-refractivity contribution is 7.12. The van der Waals surface area contributed by atoms with Gasteiger partial charge in [-0.2, -0.15) is 0 Å². The van der Waals surface area contributed by atoms with Gasteiger partial charge in [-0.3, -0.25) is 0 Å². The first-order valence-electron chi connectivity index (χ1n) is 5.08. The lowest BCUT2D eigenvalue weighted by atomic mass is 9.99. The van der Waals surface area contributed by atoms with Crippen molar-refractivity contribution in [1.29, 1.82) is 0 Å². The van der Waals surface area contributed by atoms with E-state index < -0.39 is 6.10 Å². The molecule has 1 rings (SSSR count). The average Bonchev–Trinajstić information content (AvgIpc) is 2.63. The molecule has 0 aliphatic rings. The Hall–Kier alpha value is -0.380. The van der Waals surface area contributed by atoms with Crippen LogP contribution < -0.4 is 5.73 Å². The van der Waals surface area contributed by atoms with Gasteiger partial charge in [0, 0.05) is 15.8 Å². The quantitative estimate of drug-likeness (QED) is 0.806. The van der Waals surface area contributed by atoms with E-state index >= 15 is 0 Å². The number of rotatable bonds is 4. The smallest absolute Gasteiger partial charge is 0.103 e. The molecule has 0 aliphatic carbocycles.